The summed E-state index contributed by atoms with van der Waals surface area (Å²) < 4.78 is 0. The van der Waals surface area contributed by atoms with E-state index in [1.807, 2.05) is 13.8 Å². The second-order valence-corrected chi connectivity index (χ2v) is 8.48. The lowest BCUT2D eigenvalue weighted by atomic mass is 9.97. The quantitative estimate of drug-likeness (QED) is 0.637. The zero-order chi connectivity index (χ0) is 16.0. The molecule has 5 heteroatoms. The summed E-state index contributed by atoms with van der Waals surface area (Å²) in [5.74, 6) is -0.151. The number of oxime groups is 1. The van der Waals surface area contributed by atoms with E-state index in [1.54, 1.807) is 22.7 Å². The molecular weight excluding hydrogens is 314 g/mol. The molecule has 1 N–H and O–H groups in total. The zero-order valence-electron chi connectivity index (χ0n) is 13.0. The van der Waals surface area contributed by atoms with Crippen molar-refractivity contribution in [2.75, 3.05) is 0 Å². The van der Waals surface area contributed by atoms with Gasteiger partial charge in [-0.2, -0.15) is 0 Å². The maximum atomic E-state index is 12.7. The van der Waals surface area contributed by atoms with Crippen molar-refractivity contribution in [2.45, 2.75) is 34.1 Å². The monoisotopic (exact) mass is 331 g/mol. The molecule has 0 aliphatic heterocycles. The van der Waals surface area contributed by atoms with Crippen LogP contribution in [0.5, 0.6) is 0 Å². The predicted octanol–water partition coefficient (Wildman–Crippen LogP) is 4.76. The average molecular weight is 331 g/mol. The summed E-state index contributed by atoms with van der Waals surface area (Å²) in [6, 6.07) is 4.18. The number of hydrogen-bond acceptors (Lipinski definition) is 5. The number of thiophene rings is 2. The fraction of sp³-hybridized carbons (Fsp3) is 0.294. The topological polar surface area (TPSA) is 49.7 Å². The molecule has 0 amide bonds. The Morgan fingerprint density at radius 1 is 1.00 bits per heavy atom. The predicted molar refractivity (Wildman–Crippen MR) is 93.2 cm³/mol. The average Bonchev–Trinajstić information content (AvgIpc) is 3.05. The van der Waals surface area contributed by atoms with Crippen LogP contribution >= 0.6 is 22.7 Å². The van der Waals surface area contributed by atoms with Crippen LogP contribution in [0.15, 0.2) is 17.3 Å². The molecule has 0 saturated heterocycles. The Labute approximate surface area is 137 Å². The highest BCUT2D eigenvalue weighted by Gasteiger charge is 2.34. The van der Waals surface area contributed by atoms with E-state index in [4.69, 9.17) is 5.21 Å². The number of ketones is 1. The van der Waals surface area contributed by atoms with Gasteiger partial charge in [-0.05, 0) is 56.5 Å². The molecule has 2 heterocycles. The fourth-order valence-electron chi connectivity index (χ4n) is 3.02. The number of carbonyl (C=O) groups excluding carboxylic acids is 1. The van der Waals surface area contributed by atoms with E-state index in [-0.39, 0.29) is 11.5 Å². The van der Waals surface area contributed by atoms with Gasteiger partial charge in [0.2, 0.25) is 5.78 Å². The molecular formula is C17H17NO2S2. The molecule has 0 bridgehead atoms. The summed E-state index contributed by atoms with van der Waals surface area (Å²) in [4.78, 5) is 17.4. The molecule has 0 unspecified atom stereocenters. The molecule has 0 aromatic carbocycles. The molecule has 0 saturated carbocycles. The molecule has 1 aliphatic rings. The van der Waals surface area contributed by atoms with Gasteiger partial charge < -0.3 is 5.21 Å². The number of Topliss-reactive ketones (excluding diaryl/α,β-unsaturated/α-hetero) is 1. The molecule has 0 spiro atoms. The van der Waals surface area contributed by atoms with E-state index in [0.717, 1.165) is 21.6 Å². The number of hydrogen-bond donors (Lipinski definition) is 1. The van der Waals surface area contributed by atoms with Crippen molar-refractivity contribution in [2.24, 2.45) is 5.16 Å². The first-order chi connectivity index (χ1) is 10.4. The van der Waals surface area contributed by atoms with Crippen molar-refractivity contribution in [1.29, 1.82) is 0 Å². The molecule has 0 atom stereocenters. The maximum absolute atomic E-state index is 12.7. The summed E-state index contributed by atoms with van der Waals surface area (Å²) in [6.45, 7) is 8.22. The van der Waals surface area contributed by atoms with Gasteiger partial charge in [-0.25, -0.2) is 0 Å². The Balaban J connectivity index is 2.27. The van der Waals surface area contributed by atoms with Crippen LogP contribution in [0, 0.1) is 27.7 Å². The van der Waals surface area contributed by atoms with Gasteiger partial charge in [-0.15, -0.1) is 22.7 Å². The second-order valence-electron chi connectivity index (χ2n) is 5.56. The minimum Gasteiger partial charge on any atom is -0.411 e. The van der Waals surface area contributed by atoms with Gasteiger partial charge in [0.25, 0.3) is 0 Å². The van der Waals surface area contributed by atoms with Crippen molar-refractivity contribution in [3.63, 3.8) is 0 Å². The van der Waals surface area contributed by atoms with Crippen LogP contribution in [0.4, 0.5) is 0 Å². The molecule has 1 aliphatic carbocycles. The first kappa shape index (κ1) is 15.2. The third-order valence-electron chi connectivity index (χ3n) is 3.93. The molecule has 22 heavy (non-hydrogen) atoms. The van der Waals surface area contributed by atoms with Crippen LogP contribution in [0.3, 0.4) is 0 Å². The summed E-state index contributed by atoms with van der Waals surface area (Å²) in [5, 5.41) is 12.4. The highest BCUT2D eigenvalue weighted by atomic mass is 32.1. The standard InChI is InChI=1S/C17H17NO2S2/c1-8-5-12(10(3)21-8)14-7-15(18-20)17(19)16(14)13-6-9(2)22-11(13)4/h5-6,20H,7H2,1-4H3/b18-15+. The van der Waals surface area contributed by atoms with Crippen LogP contribution in [0.25, 0.3) is 11.1 Å². The van der Waals surface area contributed by atoms with Crippen LogP contribution in [-0.4, -0.2) is 16.7 Å². The number of aryl methyl sites for hydroxylation is 4. The first-order valence-electron chi connectivity index (χ1n) is 7.06. The normalized spacial score (nSPS) is 17.1. The van der Waals surface area contributed by atoms with Crippen LogP contribution in [0.2, 0.25) is 0 Å². The lowest BCUT2D eigenvalue weighted by molar-refractivity contribution is -0.108. The van der Waals surface area contributed by atoms with Gasteiger partial charge in [0.1, 0.15) is 5.71 Å². The van der Waals surface area contributed by atoms with Crippen molar-refractivity contribution in [1.82, 2.24) is 0 Å². The van der Waals surface area contributed by atoms with Gasteiger partial charge in [0, 0.05) is 31.5 Å². The second kappa shape index (κ2) is 5.48. The van der Waals surface area contributed by atoms with E-state index < -0.39 is 0 Å². The Morgan fingerprint density at radius 2 is 1.55 bits per heavy atom. The Hall–Kier alpha value is -1.72. The molecule has 2 aromatic rings. The fourth-order valence-corrected chi connectivity index (χ4v) is 4.90. The largest absolute Gasteiger partial charge is 0.411 e. The number of rotatable bonds is 2. The Kier molecular flexibility index (Phi) is 3.78. The lowest BCUT2D eigenvalue weighted by Crippen LogP contribution is -2.08. The number of nitrogens with zero attached hydrogens (tertiary/aromatic N) is 1. The van der Waals surface area contributed by atoms with Gasteiger partial charge in [0.05, 0.1) is 0 Å². The smallest absolute Gasteiger partial charge is 0.211 e. The first-order valence-corrected chi connectivity index (χ1v) is 8.69. The molecule has 0 radical (unpaired) electrons. The summed E-state index contributed by atoms with van der Waals surface area (Å²) in [6.07, 6.45) is 0.399. The minimum atomic E-state index is -0.151. The SMILES string of the molecule is Cc1cc(C2=C(c3cc(C)sc3C)C(=O)/C(=N/O)C2)c(C)s1. The molecule has 114 valence electrons. The lowest BCUT2D eigenvalue weighted by Gasteiger charge is -2.05. The van der Waals surface area contributed by atoms with Gasteiger partial charge in [-0.3, -0.25) is 4.79 Å². The van der Waals surface area contributed by atoms with Crippen LogP contribution < -0.4 is 0 Å². The highest BCUT2D eigenvalue weighted by molar-refractivity contribution is 7.12. The van der Waals surface area contributed by atoms with E-state index in [1.165, 1.54) is 14.6 Å². The Bertz CT molecular complexity index is 837. The van der Waals surface area contributed by atoms with E-state index in [0.29, 0.717) is 12.0 Å². The van der Waals surface area contributed by atoms with Crippen LogP contribution in [-0.2, 0) is 4.79 Å². The van der Waals surface area contributed by atoms with Gasteiger partial charge in [0.15, 0.2) is 0 Å². The van der Waals surface area contributed by atoms with E-state index >= 15 is 0 Å². The van der Waals surface area contributed by atoms with Crippen molar-refractivity contribution in [3.8, 4) is 0 Å². The van der Waals surface area contributed by atoms with Crippen molar-refractivity contribution >= 4 is 45.3 Å². The molecule has 3 nitrogen and oxygen atoms in total. The third kappa shape index (κ3) is 2.34. The Morgan fingerprint density at radius 3 is 2.00 bits per heavy atom. The van der Waals surface area contributed by atoms with Gasteiger partial charge >= 0.3 is 0 Å². The minimum absolute atomic E-state index is 0.151. The number of allylic oxidation sites excluding steroid dienone is 2. The maximum Gasteiger partial charge on any atom is 0.211 e. The molecule has 3 rings (SSSR count). The zero-order valence-corrected chi connectivity index (χ0v) is 14.6. The van der Waals surface area contributed by atoms with Crippen LogP contribution in [0.1, 0.15) is 37.1 Å². The highest BCUT2D eigenvalue weighted by Crippen LogP contribution is 2.42. The summed E-state index contributed by atoms with van der Waals surface area (Å²) >= 11 is 3.41. The van der Waals surface area contributed by atoms with E-state index in [2.05, 4.69) is 31.1 Å². The third-order valence-corrected chi connectivity index (χ3v) is 5.86. The molecule has 2 aromatic heterocycles. The molecule has 0 fully saturated rings. The summed E-state index contributed by atoms with van der Waals surface area (Å²) in [5.41, 5.74) is 4.00. The summed E-state index contributed by atoms with van der Waals surface area (Å²) in [7, 11) is 0. The van der Waals surface area contributed by atoms with Crippen molar-refractivity contribution < 1.29 is 10.0 Å². The van der Waals surface area contributed by atoms with Crippen molar-refractivity contribution in [3.05, 3.63) is 42.8 Å². The van der Waals surface area contributed by atoms with Gasteiger partial charge in [-0.1, -0.05) is 5.16 Å². The number of carbonyl (C=O) groups is 1. The van der Waals surface area contributed by atoms with E-state index in [9.17, 15) is 4.79 Å².